The maximum atomic E-state index is 12.7. The van der Waals surface area contributed by atoms with Crippen molar-refractivity contribution in [2.24, 2.45) is 5.11 Å². The molecule has 0 aliphatic heterocycles. The fourth-order valence-corrected chi connectivity index (χ4v) is 0.810. The van der Waals surface area contributed by atoms with Crippen molar-refractivity contribution in [3.63, 3.8) is 0 Å². The molecule has 1 aromatic rings. The van der Waals surface area contributed by atoms with Crippen molar-refractivity contribution >= 4 is 0 Å². The summed E-state index contributed by atoms with van der Waals surface area (Å²) in [6.45, 7) is -0.00749. The zero-order valence-electron chi connectivity index (χ0n) is 7.11. The van der Waals surface area contributed by atoms with Crippen LogP contribution < -0.4 is 0 Å². The quantitative estimate of drug-likeness (QED) is 0.314. The number of rotatable bonds is 1. The van der Waals surface area contributed by atoms with Gasteiger partial charge in [0.15, 0.2) is 0 Å². The Balaban J connectivity index is 2.88. The number of aromatic hydroxyl groups is 1. The van der Waals surface area contributed by atoms with E-state index in [4.69, 9.17) is 5.53 Å². The summed E-state index contributed by atoms with van der Waals surface area (Å²) in [7, 11) is 0. The second-order valence-corrected chi connectivity index (χ2v) is 2.35. The standard InChI is InChI=1S/C9H6FN3O/c10-8-3-4-9(14)7(6-8)2-1-5-12-13-11/h3-4,6,14H,5H2. The van der Waals surface area contributed by atoms with Gasteiger partial charge in [-0.3, -0.25) is 0 Å². The number of hydrogen-bond acceptors (Lipinski definition) is 2. The largest absolute Gasteiger partial charge is 0.507 e. The van der Waals surface area contributed by atoms with E-state index in [1.165, 1.54) is 6.07 Å². The lowest BCUT2D eigenvalue weighted by atomic mass is 10.2. The van der Waals surface area contributed by atoms with Gasteiger partial charge in [0.05, 0.1) is 12.1 Å². The van der Waals surface area contributed by atoms with Crippen molar-refractivity contribution in [3.05, 3.63) is 40.0 Å². The van der Waals surface area contributed by atoms with Gasteiger partial charge in [-0.05, 0) is 23.7 Å². The van der Waals surface area contributed by atoms with E-state index in [-0.39, 0.29) is 17.9 Å². The zero-order chi connectivity index (χ0) is 10.4. The van der Waals surface area contributed by atoms with Gasteiger partial charge < -0.3 is 5.11 Å². The highest BCUT2D eigenvalue weighted by Crippen LogP contribution is 2.15. The molecule has 0 bridgehead atoms. The molecule has 1 rings (SSSR count). The molecule has 0 aromatic heterocycles. The normalized spacial score (nSPS) is 8.36. The fraction of sp³-hybridized carbons (Fsp3) is 0.111. The van der Waals surface area contributed by atoms with Crippen molar-refractivity contribution < 1.29 is 9.50 Å². The van der Waals surface area contributed by atoms with Gasteiger partial charge in [0.2, 0.25) is 0 Å². The van der Waals surface area contributed by atoms with Crippen molar-refractivity contribution in [2.75, 3.05) is 6.54 Å². The second kappa shape index (κ2) is 4.75. The minimum atomic E-state index is -0.476. The molecule has 0 heterocycles. The summed E-state index contributed by atoms with van der Waals surface area (Å²) in [6.07, 6.45) is 0. The lowest BCUT2D eigenvalue weighted by Gasteiger charge is -1.95. The van der Waals surface area contributed by atoms with Crippen molar-refractivity contribution in [2.45, 2.75) is 0 Å². The Labute approximate surface area is 79.6 Å². The van der Waals surface area contributed by atoms with Crippen LogP contribution in [0.1, 0.15) is 5.56 Å². The second-order valence-electron chi connectivity index (χ2n) is 2.35. The highest BCUT2D eigenvalue weighted by atomic mass is 19.1. The number of phenols is 1. The molecule has 70 valence electrons. The molecule has 0 aliphatic rings. The Hall–Kier alpha value is -2.18. The molecule has 1 aromatic carbocycles. The molecule has 4 nitrogen and oxygen atoms in total. The average molecular weight is 191 g/mol. The summed E-state index contributed by atoms with van der Waals surface area (Å²) >= 11 is 0. The molecular weight excluding hydrogens is 185 g/mol. The molecule has 0 saturated carbocycles. The molecule has 14 heavy (non-hydrogen) atoms. The summed E-state index contributed by atoms with van der Waals surface area (Å²) in [6, 6.07) is 3.46. The van der Waals surface area contributed by atoms with Gasteiger partial charge in [0.25, 0.3) is 0 Å². The average Bonchev–Trinajstić information content (AvgIpc) is 2.18. The SMILES string of the molecule is [N-]=[N+]=NCC#Cc1cc(F)ccc1O. The van der Waals surface area contributed by atoms with Gasteiger partial charge in [-0.2, -0.15) is 0 Å². The Bertz CT molecular complexity index is 441. The Morgan fingerprint density at radius 1 is 1.57 bits per heavy atom. The Morgan fingerprint density at radius 2 is 2.36 bits per heavy atom. The van der Waals surface area contributed by atoms with E-state index in [1.54, 1.807) is 0 Å². The highest BCUT2D eigenvalue weighted by molar-refractivity contribution is 5.45. The summed E-state index contributed by atoms with van der Waals surface area (Å²) < 4.78 is 12.7. The number of benzene rings is 1. The Kier molecular flexibility index (Phi) is 3.36. The predicted molar refractivity (Wildman–Crippen MR) is 49.0 cm³/mol. The van der Waals surface area contributed by atoms with E-state index in [0.29, 0.717) is 0 Å². The van der Waals surface area contributed by atoms with Crippen LogP contribution in [0.5, 0.6) is 5.75 Å². The summed E-state index contributed by atoms with van der Waals surface area (Å²) in [5.41, 5.74) is 8.12. The van der Waals surface area contributed by atoms with Crippen molar-refractivity contribution in [1.29, 1.82) is 0 Å². The molecule has 0 aliphatic carbocycles. The number of azide groups is 1. The van der Waals surface area contributed by atoms with Gasteiger partial charge in [0, 0.05) is 4.91 Å². The topological polar surface area (TPSA) is 69.0 Å². The third-order valence-corrected chi connectivity index (χ3v) is 1.39. The minimum absolute atomic E-state index is 0.00749. The molecule has 0 saturated heterocycles. The predicted octanol–water partition coefficient (Wildman–Crippen LogP) is 2.19. The van der Waals surface area contributed by atoms with E-state index < -0.39 is 5.82 Å². The lowest BCUT2D eigenvalue weighted by Crippen LogP contribution is -1.80. The summed E-state index contributed by atoms with van der Waals surface area (Å²) in [4.78, 5) is 2.49. The van der Waals surface area contributed by atoms with Gasteiger partial charge in [-0.25, -0.2) is 4.39 Å². The van der Waals surface area contributed by atoms with Gasteiger partial charge in [-0.1, -0.05) is 17.0 Å². The van der Waals surface area contributed by atoms with Crippen LogP contribution in [0.2, 0.25) is 0 Å². The molecule has 0 radical (unpaired) electrons. The van der Waals surface area contributed by atoms with Crippen LogP contribution in [-0.2, 0) is 0 Å². The molecule has 0 spiro atoms. The third-order valence-electron chi connectivity index (χ3n) is 1.39. The maximum Gasteiger partial charge on any atom is 0.131 e. The van der Waals surface area contributed by atoms with Crippen molar-refractivity contribution in [1.82, 2.24) is 0 Å². The van der Waals surface area contributed by atoms with E-state index >= 15 is 0 Å². The van der Waals surface area contributed by atoms with Crippen LogP contribution in [0.15, 0.2) is 23.3 Å². The van der Waals surface area contributed by atoms with Crippen LogP contribution >= 0.6 is 0 Å². The molecule has 0 fully saturated rings. The van der Waals surface area contributed by atoms with E-state index in [2.05, 4.69) is 21.9 Å². The van der Waals surface area contributed by atoms with Crippen LogP contribution in [0.25, 0.3) is 10.4 Å². The monoisotopic (exact) mass is 191 g/mol. The Morgan fingerprint density at radius 3 is 3.07 bits per heavy atom. The third kappa shape index (κ3) is 2.70. The summed E-state index contributed by atoms with van der Waals surface area (Å²) in [5, 5.41) is 12.4. The zero-order valence-corrected chi connectivity index (χ0v) is 7.11. The molecule has 0 unspecified atom stereocenters. The van der Waals surface area contributed by atoms with Crippen LogP contribution in [0.3, 0.4) is 0 Å². The molecule has 1 N–H and O–H groups in total. The van der Waals surface area contributed by atoms with Crippen LogP contribution in [0.4, 0.5) is 4.39 Å². The minimum Gasteiger partial charge on any atom is -0.507 e. The number of hydrogen-bond donors (Lipinski definition) is 1. The fourth-order valence-electron chi connectivity index (χ4n) is 0.810. The van der Waals surface area contributed by atoms with E-state index in [9.17, 15) is 9.50 Å². The lowest BCUT2D eigenvalue weighted by molar-refractivity contribution is 0.471. The molecule has 0 amide bonds. The maximum absolute atomic E-state index is 12.7. The summed E-state index contributed by atoms with van der Waals surface area (Å²) in [5.74, 6) is 4.38. The molecule has 0 atom stereocenters. The molecule has 5 heteroatoms. The number of phenolic OH excluding ortho intramolecular Hbond substituents is 1. The van der Waals surface area contributed by atoms with Crippen molar-refractivity contribution in [3.8, 4) is 17.6 Å². The first-order chi connectivity index (χ1) is 6.74. The number of nitrogens with zero attached hydrogens (tertiary/aromatic N) is 3. The van der Waals surface area contributed by atoms with E-state index in [0.717, 1.165) is 12.1 Å². The molecular formula is C9H6FN3O. The smallest absolute Gasteiger partial charge is 0.131 e. The highest BCUT2D eigenvalue weighted by Gasteiger charge is 1.98. The van der Waals surface area contributed by atoms with Gasteiger partial charge >= 0.3 is 0 Å². The number of halogens is 1. The first-order valence-electron chi connectivity index (χ1n) is 3.72. The van der Waals surface area contributed by atoms with Gasteiger partial charge in [0.1, 0.15) is 11.6 Å². The van der Waals surface area contributed by atoms with Crippen LogP contribution in [0, 0.1) is 17.7 Å². The first-order valence-corrected chi connectivity index (χ1v) is 3.72. The van der Waals surface area contributed by atoms with E-state index in [1.807, 2.05) is 0 Å². The van der Waals surface area contributed by atoms with Gasteiger partial charge in [-0.15, -0.1) is 0 Å². The van der Waals surface area contributed by atoms with Crippen LogP contribution in [-0.4, -0.2) is 11.7 Å². The first kappa shape index (κ1) is 9.90.